The molecule has 0 spiro atoms. The molecule has 2 aromatic rings. The van der Waals surface area contributed by atoms with Gasteiger partial charge in [0.05, 0.1) is 4.47 Å². The van der Waals surface area contributed by atoms with Crippen molar-refractivity contribution in [2.24, 2.45) is 0 Å². The van der Waals surface area contributed by atoms with Gasteiger partial charge in [0, 0.05) is 0 Å². The smallest absolute Gasteiger partial charge is 0.134 e. The third kappa shape index (κ3) is 4.83. The van der Waals surface area contributed by atoms with Gasteiger partial charge in [-0.2, -0.15) is 0 Å². The average Bonchev–Trinajstić information content (AvgIpc) is 2.48. The highest BCUT2D eigenvalue weighted by Gasteiger charge is 2.06. The Kier molecular flexibility index (Phi) is 6.21. The van der Waals surface area contributed by atoms with Crippen LogP contribution in [0, 0.1) is 5.82 Å². The van der Waals surface area contributed by atoms with E-state index in [1.165, 1.54) is 17.7 Å². The standard InChI is InChI=1S/C17H19BrFNO/c1-2-20-10-9-13-5-3-4-6-14(13)12-21-17-8-7-15(19)11-16(17)18/h3-8,11,20H,2,9-10,12H2,1H3. The highest BCUT2D eigenvalue weighted by molar-refractivity contribution is 9.10. The van der Waals surface area contributed by atoms with Gasteiger partial charge in [-0.3, -0.25) is 0 Å². The van der Waals surface area contributed by atoms with E-state index in [9.17, 15) is 4.39 Å². The van der Waals surface area contributed by atoms with Gasteiger partial charge in [-0.25, -0.2) is 4.39 Å². The molecule has 0 bridgehead atoms. The highest BCUT2D eigenvalue weighted by Crippen LogP contribution is 2.26. The molecule has 112 valence electrons. The highest BCUT2D eigenvalue weighted by atomic mass is 79.9. The predicted molar refractivity (Wildman–Crippen MR) is 87.1 cm³/mol. The number of halogens is 2. The molecule has 0 saturated heterocycles. The fraction of sp³-hybridized carbons (Fsp3) is 0.294. The first-order valence-corrected chi connectivity index (χ1v) is 7.85. The van der Waals surface area contributed by atoms with Gasteiger partial charge in [0.25, 0.3) is 0 Å². The lowest BCUT2D eigenvalue weighted by Gasteiger charge is -2.12. The minimum Gasteiger partial charge on any atom is -0.488 e. The van der Waals surface area contributed by atoms with Crippen LogP contribution in [-0.2, 0) is 13.0 Å². The van der Waals surface area contributed by atoms with Crippen molar-refractivity contribution in [1.82, 2.24) is 5.32 Å². The molecule has 0 aromatic heterocycles. The third-order valence-corrected chi connectivity index (χ3v) is 3.84. The van der Waals surface area contributed by atoms with E-state index in [1.54, 1.807) is 6.07 Å². The van der Waals surface area contributed by atoms with Crippen LogP contribution in [0.1, 0.15) is 18.1 Å². The summed E-state index contributed by atoms with van der Waals surface area (Å²) in [5, 5.41) is 3.32. The molecular weight excluding hydrogens is 333 g/mol. The number of hydrogen-bond donors (Lipinski definition) is 1. The maximum absolute atomic E-state index is 13.1. The molecule has 0 fully saturated rings. The molecule has 0 aliphatic rings. The second-order valence-corrected chi connectivity index (χ2v) is 5.59. The molecule has 0 heterocycles. The minimum absolute atomic E-state index is 0.278. The van der Waals surface area contributed by atoms with Crippen LogP contribution in [0.4, 0.5) is 4.39 Å². The lowest BCUT2D eigenvalue weighted by Crippen LogP contribution is -2.17. The van der Waals surface area contributed by atoms with Gasteiger partial charge in [-0.1, -0.05) is 31.2 Å². The zero-order valence-electron chi connectivity index (χ0n) is 12.0. The van der Waals surface area contributed by atoms with Crippen molar-refractivity contribution < 1.29 is 9.13 Å². The van der Waals surface area contributed by atoms with Gasteiger partial charge in [0.15, 0.2) is 0 Å². The lowest BCUT2D eigenvalue weighted by molar-refractivity contribution is 0.302. The maximum atomic E-state index is 13.1. The molecular formula is C17H19BrFNO. The van der Waals surface area contributed by atoms with Crippen LogP contribution in [0.3, 0.4) is 0 Å². The fourth-order valence-corrected chi connectivity index (χ4v) is 2.56. The van der Waals surface area contributed by atoms with Gasteiger partial charge in [-0.15, -0.1) is 0 Å². The number of hydrogen-bond acceptors (Lipinski definition) is 2. The van der Waals surface area contributed by atoms with Crippen molar-refractivity contribution in [2.75, 3.05) is 13.1 Å². The Labute approximate surface area is 133 Å². The van der Waals surface area contributed by atoms with E-state index in [1.807, 2.05) is 12.1 Å². The number of ether oxygens (including phenoxy) is 1. The Bertz CT molecular complexity index is 589. The summed E-state index contributed by atoms with van der Waals surface area (Å²) in [4.78, 5) is 0. The molecule has 0 radical (unpaired) electrons. The number of rotatable bonds is 7. The van der Waals surface area contributed by atoms with E-state index in [4.69, 9.17) is 4.74 Å². The molecule has 2 rings (SSSR count). The van der Waals surface area contributed by atoms with E-state index < -0.39 is 0 Å². The van der Waals surface area contributed by atoms with Crippen molar-refractivity contribution in [3.8, 4) is 5.75 Å². The van der Waals surface area contributed by atoms with Gasteiger partial charge < -0.3 is 10.1 Å². The van der Waals surface area contributed by atoms with E-state index >= 15 is 0 Å². The SMILES string of the molecule is CCNCCc1ccccc1COc1ccc(F)cc1Br. The number of likely N-dealkylation sites (N-methyl/N-ethyl adjacent to an activating group) is 1. The summed E-state index contributed by atoms with van der Waals surface area (Å²) in [6, 6.07) is 12.7. The monoisotopic (exact) mass is 351 g/mol. The maximum Gasteiger partial charge on any atom is 0.134 e. The Hall–Kier alpha value is -1.39. The van der Waals surface area contributed by atoms with Crippen molar-refractivity contribution >= 4 is 15.9 Å². The molecule has 0 saturated carbocycles. The summed E-state index contributed by atoms with van der Waals surface area (Å²) in [7, 11) is 0. The van der Waals surface area contributed by atoms with E-state index in [0.717, 1.165) is 25.1 Å². The Morgan fingerprint density at radius 3 is 2.62 bits per heavy atom. The van der Waals surface area contributed by atoms with Crippen LogP contribution in [0.2, 0.25) is 0 Å². The molecule has 2 aromatic carbocycles. The third-order valence-electron chi connectivity index (χ3n) is 3.22. The van der Waals surface area contributed by atoms with Gasteiger partial charge in [0.2, 0.25) is 0 Å². The summed E-state index contributed by atoms with van der Waals surface area (Å²) in [6.45, 7) is 4.50. The largest absolute Gasteiger partial charge is 0.488 e. The predicted octanol–water partition coefficient (Wildman–Crippen LogP) is 4.32. The Morgan fingerprint density at radius 2 is 1.90 bits per heavy atom. The molecule has 1 N–H and O–H groups in total. The quantitative estimate of drug-likeness (QED) is 0.750. The van der Waals surface area contributed by atoms with Crippen molar-refractivity contribution in [2.45, 2.75) is 20.0 Å². The normalized spacial score (nSPS) is 10.6. The molecule has 21 heavy (non-hydrogen) atoms. The van der Waals surface area contributed by atoms with Crippen LogP contribution in [0.5, 0.6) is 5.75 Å². The van der Waals surface area contributed by atoms with Crippen LogP contribution in [-0.4, -0.2) is 13.1 Å². The van der Waals surface area contributed by atoms with Crippen LogP contribution in [0.25, 0.3) is 0 Å². The van der Waals surface area contributed by atoms with Crippen LogP contribution < -0.4 is 10.1 Å². The van der Waals surface area contributed by atoms with Gasteiger partial charge in [0.1, 0.15) is 18.2 Å². The first kappa shape index (κ1) is 16.0. The Morgan fingerprint density at radius 1 is 1.14 bits per heavy atom. The molecule has 0 aliphatic heterocycles. The Balaban J connectivity index is 2.02. The molecule has 0 atom stereocenters. The second kappa shape index (κ2) is 8.15. The molecule has 0 amide bonds. The first-order valence-electron chi connectivity index (χ1n) is 7.06. The molecule has 2 nitrogen and oxygen atoms in total. The summed E-state index contributed by atoms with van der Waals surface area (Å²) in [5.41, 5.74) is 2.43. The average molecular weight is 352 g/mol. The van der Waals surface area contributed by atoms with E-state index in [2.05, 4.69) is 40.3 Å². The van der Waals surface area contributed by atoms with E-state index in [-0.39, 0.29) is 5.82 Å². The molecule has 0 aliphatic carbocycles. The topological polar surface area (TPSA) is 21.3 Å². The number of benzene rings is 2. The summed E-state index contributed by atoms with van der Waals surface area (Å²) < 4.78 is 19.5. The fourth-order valence-electron chi connectivity index (χ4n) is 2.09. The van der Waals surface area contributed by atoms with Crippen LogP contribution >= 0.6 is 15.9 Å². The molecule has 4 heteroatoms. The first-order chi connectivity index (χ1) is 10.2. The minimum atomic E-state index is -0.278. The van der Waals surface area contributed by atoms with Gasteiger partial charge >= 0.3 is 0 Å². The molecule has 0 unspecified atom stereocenters. The van der Waals surface area contributed by atoms with Crippen molar-refractivity contribution in [3.05, 3.63) is 63.9 Å². The summed E-state index contributed by atoms with van der Waals surface area (Å²) in [6.07, 6.45) is 0.970. The summed E-state index contributed by atoms with van der Waals surface area (Å²) >= 11 is 3.32. The summed E-state index contributed by atoms with van der Waals surface area (Å²) in [5.74, 6) is 0.373. The number of nitrogens with one attached hydrogen (secondary N) is 1. The van der Waals surface area contributed by atoms with E-state index in [0.29, 0.717) is 16.8 Å². The lowest BCUT2D eigenvalue weighted by atomic mass is 10.1. The van der Waals surface area contributed by atoms with Gasteiger partial charge in [-0.05, 0) is 64.8 Å². The van der Waals surface area contributed by atoms with Crippen molar-refractivity contribution in [3.63, 3.8) is 0 Å². The zero-order chi connectivity index (χ0) is 15.1. The van der Waals surface area contributed by atoms with Crippen LogP contribution in [0.15, 0.2) is 46.9 Å². The van der Waals surface area contributed by atoms with Crippen molar-refractivity contribution in [1.29, 1.82) is 0 Å². The zero-order valence-corrected chi connectivity index (χ0v) is 13.6. The second-order valence-electron chi connectivity index (χ2n) is 4.74.